The number of sulfonamides is 1. The lowest BCUT2D eigenvalue weighted by atomic mass is 10.1. The Kier molecular flexibility index (Phi) is 11.0. The SMILES string of the molecule is CC[C@H](C)NC(=O)[C@@H](C)N(Cc1cccc(OC)c1)C(=O)CCCN(c1cccc(Cl)c1)S(C)(=O)=O. The topological polar surface area (TPSA) is 96.0 Å². The number of ether oxygens (including phenoxy) is 1. The van der Waals surface area contributed by atoms with Gasteiger partial charge in [0.2, 0.25) is 21.8 Å². The molecule has 0 saturated heterocycles. The van der Waals surface area contributed by atoms with Crippen LogP contribution in [0.5, 0.6) is 5.75 Å². The highest BCUT2D eigenvalue weighted by molar-refractivity contribution is 7.92. The molecule has 2 amide bonds. The van der Waals surface area contributed by atoms with Crippen molar-refractivity contribution in [1.82, 2.24) is 10.2 Å². The van der Waals surface area contributed by atoms with E-state index in [1.54, 1.807) is 38.3 Å². The van der Waals surface area contributed by atoms with E-state index in [-0.39, 0.29) is 43.8 Å². The summed E-state index contributed by atoms with van der Waals surface area (Å²) in [5.41, 5.74) is 1.26. The van der Waals surface area contributed by atoms with E-state index >= 15 is 0 Å². The highest BCUT2D eigenvalue weighted by atomic mass is 35.5. The van der Waals surface area contributed by atoms with E-state index in [2.05, 4.69) is 5.32 Å². The quantitative estimate of drug-likeness (QED) is 0.412. The van der Waals surface area contributed by atoms with E-state index in [4.69, 9.17) is 16.3 Å². The molecule has 2 aromatic carbocycles. The Balaban J connectivity index is 2.19. The van der Waals surface area contributed by atoms with Crippen molar-refractivity contribution < 1.29 is 22.7 Å². The molecule has 0 bridgehead atoms. The van der Waals surface area contributed by atoms with Crippen LogP contribution in [0, 0.1) is 0 Å². The fourth-order valence-electron chi connectivity index (χ4n) is 3.65. The third-order valence-corrected chi connectivity index (χ3v) is 7.33. The number of methoxy groups -OCH3 is 1. The van der Waals surface area contributed by atoms with E-state index in [9.17, 15) is 18.0 Å². The van der Waals surface area contributed by atoms with Crippen molar-refractivity contribution >= 4 is 39.1 Å². The summed E-state index contributed by atoms with van der Waals surface area (Å²) in [5, 5.41) is 3.36. The number of nitrogens with zero attached hydrogens (tertiary/aromatic N) is 2. The first kappa shape index (κ1) is 29.5. The van der Waals surface area contributed by atoms with Crippen molar-refractivity contribution in [3.8, 4) is 5.75 Å². The summed E-state index contributed by atoms with van der Waals surface area (Å²) in [6.45, 7) is 5.90. The lowest BCUT2D eigenvalue weighted by molar-refractivity contribution is -0.140. The standard InChI is InChI=1S/C26H36ClN3O5S/c1-6-19(2)28-26(32)20(3)29(18-21-10-7-13-24(16-21)35-4)25(31)14-9-15-30(36(5,33)34)23-12-8-11-22(27)17-23/h7-8,10-13,16-17,19-20H,6,9,14-15,18H2,1-5H3,(H,28,32)/t19-,20+/m0/s1. The highest BCUT2D eigenvalue weighted by Crippen LogP contribution is 2.23. The number of nitrogens with one attached hydrogen (secondary N) is 1. The molecule has 0 fully saturated rings. The molecule has 10 heteroatoms. The lowest BCUT2D eigenvalue weighted by Crippen LogP contribution is -2.49. The fourth-order valence-corrected chi connectivity index (χ4v) is 4.79. The molecule has 0 aliphatic carbocycles. The first-order chi connectivity index (χ1) is 17.0. The number of hydrogen-bond donors (Lipinski definition) is 1. The summed E-state index contributed by atoms with van der Waals surface area (Å²) < 4.78 is 31.3. The zero-order valence-electron chi connectivity index (χ0n) is 21.5. The number of rotatable bonds is 13. The smallest absolute Gasteiger partial charge is 0.242 e. The van der Waals surface area contributed by atoms with Crippen molar-refractivity contribution in [3.63, 3.8) is 0 Å². The Morgan fingerprint density at radius 1 is 1.11 bits per heavy atom. The first-order valence-corrected chi connectivity index (χ1v) is 14.1. The van der Waals surface area contributed by atoms with Gasteiger partial charge >= 0.3 is 0 Å². The zero-order chi connectivity index (χ0) is 26.9. The van der Waals surface area contributed by atoms with E-state index in [0.29, 0.717) is 16.5 Å². The minimum absolute atomic E-state index is 0.0188. The number of amides is 2. The Hall–Kier alpha value is -2.78. The summed E-state index contributed by atoms with van der Waals surface area (Å²) in [6, 6.07) is 13.2. The third-order valence-electron chi connectivity index (χ3n) is 5.90. The molecule has 0 aliphatic rings. The van der Waals surface area contributed by atoms with E-state index in [1.807, 2.05) is 38.1 Å². The maximum absolute atomic E-state index is 13.4. The van der Waals surface area contributed by atoms with Gasteiger partial charge in [-0.3, -0.25) is 13.9 Å². The molecule has 198 valence electrons. The van der Waals surface area contributed by atoms with Crippen LogP contribution in [0.4, 0.5) is 5.69 Å². The number of benzene rings is 2. The molecule has 0 aromatic heterocycles. The summed E-state index contributed by atoms with van der Waals surface area (Å²) in [5.74, 6) is 0.170. The predicted molar refractivity (Wildman–Crippen MR) is 144 cm³/mol. The second-order valence-corrected chi connectivity index (χ2v) is 11.1. The van der Waals surface area contributed by atoms with Crippen molar-refractivity contribution in [2.24, 2.45) is 0 Å². The molecule has 0 unspecified atom stereocenters. The summed E-state index contributed by atoms with van der Waals surface area (Å²) >= 11 is 6.05. The number of halogens is 1. The average Bonchev–Trinajstić information content (AvgIpc) is 2.83. The zero-order valence-corrected chi connectivity index (χ0v) is 23.1. The van der Waals surface area contributed by atoms with Crippen molar-refractivity contribution in [1.29, 1.82) is 0 Å². The van der Waals surface area contributed by atoms with Crippen LogP contribution in [0.25, 0.3) is 0 Å². The summed E-state index contributed by atoms with van der Waals surface area (Å²) in [4.78, 5) is 27.7. The van der Waals surface area contributed by atoms with E-state index in [1.165, 1.54) is 9.21 Å². The van der Waals surface area contributed by atoms with Crippen LogP contribution < -0.4 is 14.4 Å². The van der Waals surface area contributed by atoms with Crippen molar-refractivity contribution in [2.75, 3.05) is 24.2 Å². The third kappa shape index (κ3) is 8.71. The van der Waals surface area contributed by atoms with E-state index in [0.717, 1.165) is 18.2 Å². The van der Waals surface area contributed by atoms with Crippen molar-refractivity contribution in [3.05, 3.63) is 59.1 Å². The van der Waals surface area contributed by atoms with Gasteiger partial charge in [-0.2, -0.15) is 0 Å². The molecule has 1 N–H and O–H groups in total. The number of carbonyl (C=O) groups is 2. The van der Waals surface area contributed by atoms with Gasteiger partial charge in [-0.15, -0.1) is 0 Å². The average molecular weight is 538 g/mol. The molecule has 0 radical (unpaired) electrons. The molecule has 0 spiro atoms. The maximum atomic E-state index is 13.4. The van der Waals surface area contributed by atoms with Gasteiger partial charge in [0, 0.05) is 30.6 Å². The maximum Gasteiger partial charge on any atom is 0.242 e. The first-order valence-electron chi connectivity index (χ1n) is 11.9. The Labute approximate surface area is 219 Å². The van der Waals surface area contributed by atoms with Gasteiger partial charge < -0.3 is 15.0 Å². The molecule has 0 aliphatic heterocycles. The molecule has 0 saturated carbocycles. The van der Waals surface area contributed by atoms with Crippen LogP contribution in [0.15, 0.2) is 48.5 Å². The van der Waals surface area contributed by atoms with Gasteiger partial charge in [0.15, 0.2) is 0 Å². The Morgan fingerprint density at radius 3 is 2.42 bits per heavy atom. The van der Waals surface area contributed by atoms with Crippen LogP contribution in [0.2, 0.25) is 5.02 Å². The fraction of sp³-hybridized carbons (Fsp3) is 0.462. The van der Waals surface area contributed by atoms with Gasteiger partial charge in [0.25, 0.3) is 0 Å². The van der Waals surface area contributed by atoms with Gasteiger partial charge in [0.1, 0.15) is 11.8 Å². The molecule has 0 heterocycles. The molecule has 2 rings (SSSR count). The molecule has 2 atom stereocenters. The van der Waals surface area contributed by atoms with Crippen LogP contribution in [0.3, 0.4) is 0 Å². The van der Waals surface area contributed by atoms with Gasteiger partial charge in [-0.1, -0.05) is 36.7 Å². The van der Waals surface area contributed by atoms with Crippen LogP contribution >= 0.6 is 11.6 Å². The molecule has 36 heavy (non-hydrogen) atoms. The van der Waals surface area contributed by atoms with Gasteiger partial charge in [-0.05, 0) is 62.6 Å². The van der Waals surface area contributed by atoms with Gasteiger partial charge in [-0.25, -0.2) is 8.42 Å². The number of carbonyl (C=O) groups excluding carboxylic acids is 2. The second-order valence-electron chi connectivity index (χ2n) is 8.79. The summed E-state index contributed by atoms with van der Waals surface area (Å²) in [6.07, 6.45) is 2.23. The normalized spacial score (nSPS) is 12.9. The minimum atomic E-state index is -3.58. The number of hydrogen-bond acceptors (Lipinski definition) is 5. The Morgan fingerprint density at radius 2 is 1.81 bits per heavy atom. The van der Waals surface area contributed by atoms with Crippen LogP contribution in [0.1, 0.15) is 45.6 Å². The lowest BCUT2D eigenvalue weighted by Gasteiger charge is -2.30. The second kappa shape index (κ2) is 13.5. The molecule has 2 aromatic rings. The molecular formula is C26H36ClN3O5S. The van der Waals surface area contributed by atoms with Crippen molar-refractivity contribution in [2.45, 2.75) is 58.7 Å². The molecule has 8 nitrogen and oxygen atoms in total. The minimum Gasteiger partial charge on any atom is -0.497 e. The van der Waals surface area contributed by atoms with E-state index < -0.39 is 16.1 Å². The monoisotopic (exact) mass is 537 g/mol. The predicted octanol–water partition coefficient (Wildman–Crippen LogP) is 4.23. The summed E-state index contributed by atoms with van der Waals surface area (Å²) in [7, 11) is -2.02. The molecular weight excluding hydrogens is 502 g/mol. The largest absolute Gasteiger partial charge is 0.497 e. The van der Waals surface area contributed by atoms with Gasteiger partial charge in [0.05, 0.1) is 19.1 Å². The van der Waals surface area contributed by atoms with Crippen LogP contribution in [-0.2, 0) is 26.2 Å². The number of anilines is 1. The highest BCUT2D eigenvalue weighted by Gasteiger charge is 2.27. The van der Waals surface area contributed by atoms with Crippen LogP contribution in [-0.4, -0.2) is 57.1 Å². The Bertz CT molecular complexity index is 1140.